The number of carboxylic acid groups (broad SMARTS) is 1. The Kier molecular flexibility index (Phi) is 4.22. The zero-order valence-electron chi connectivity index (χ0n) is 11.1. The Morgan fingerprint density at radius 1 is 1.50 bits per heavy atom. The second kappa shape index (κ2) is 5.90. The molecule has 1 amide bonds. The first kappa shape index (κ1) is 14.3. The second-order valence-electron chi connectivity index (χ2n) is 4.75. The van der Waals surface area contributed by atoms with Crippen molar-refractivity contribution in [2.45, 2.75) is 38.5 Å². The number of halogens is 1. The summed E-state index contributed by atoms with van der Waals surface area (Å²) in [5.41, 5.74) is 0.533. The molecule has 1 fully saturated rings. The van der Waals surface area contributed by atoms with Crippen molar-refractivity contribution in [1.82, 2.24) is 4.90 Å². The molecule has 0 saturated carbocycles. The highest BCUT2D eigenvalue weighted by Gasteiger charge is 2.45. The monoisotopic (exact) mass is 281 g/mol. The summed E-state index contributed by atoms with van der Waals surface area (Å²) < 4.78 is 18.2. The van der Waals surface area contributed by atoms with Crippen LogP contribution in [0.15, 0.2) is 24.3 Å². The molecule has 0 spiro atoms. The van der Waals surface area contributed by atoms with Crippen LogP contribution >= 0.6 is 0 Å². The third-order valence-electron chi connectivity index (χ3n) is 3.24. The van der Waals surface area contributed by atoms with Gasteiger partial charge in [0.25, 0.3) is 0 Å². The van der Waals surface area contributed by atoms with E-state index >= 15 is 0 Å². The Hall–Kier alpha value is -2.11. The van der Waals surface area contributed by atoms with Gasteiger partial charge in [0.15, 0.2) is 6.04 Å². The van der Waals surface area contributed by atoms with E-state index in [-0.39, 0.29) is 6.54 Å². The lowest BCUT2D eigenvalue weighted by atomic mass is 10.1. The van der Waals surface area contributed by atoms with E-state index in [0.717, 1.165) is 11.3 Å². The van der Waals surface area contributed by atoms with Crippen LogP contribution in [0.5, 0.6) is 0 Å². The van der Waals surface area contributed by atoms with Gasteiger partial charge in [0.05, 0.1) is 6.54 Å². The summed E-state index contributed by atoms with van der Waals surface area (Å²) in [5, 5.41) is 9.28. The lowest BCUT2D eigenvalue weighted by Gasteiger charge is -2.20. The van der Waals surface area contributed by atoms with Crippen LogP contribution in [0.2, 0.25) is 0 Å². The zero-order chi connectivity index (χ0) is 14.7. The second-order valence-corrected chi connectivity index (χ2v) is 4.75. The molecule has 0 bridgehead atoms. The first-order chi connectivity index (χ1) is 9.52. The van der Waals surface area contributed by atoms with Crippen molar-refractivity contribution in [2.75, 3.05) is 0 Å². The van der Waals surface area contributed by atoms with Gasteiger partial charge >= 0.3 is 12.1 Å². The third kappa shape index (κ3) is 2.89. The number of amides is 1. The molecule has 1 aliphatic rings. The van der Waals surface area contributed by atoms with Gasteiger partial charge in [-0.05, 0) is 24.1 Å². The molecule has 108 valence electrons. The normalized spacial score (nSPS) is 21.9. The SMILES string of the molecule is CCC[C@@H]1OC(=O)N(Cc2cccc(F)c2)[C@H]1C(=O)O. The van der Waals surface area contributed by atoms with E-state index in [9.17, 15) is 19.1 Å². The minimum Gasteiger partial charge on any atom is -0.480 e. The highest BCUT2D eigenvalue weighted by molar-refractivity contribution is 5.83. The molecular weight excluding hydrogens is 265 g/mol. The van der Waals surface area contributed by atoms with Crippen LogP contribution in [0.1, 0.15) is 25.3 Å². The summed E-state index contributed by atoms with van der Waals surface area (Å²) >= 11 is 0. The number of carboxylic acids is 1. The molecule has 1 saturated heterocycles. The van der Waals surface area contributed by atoms with Crippen LogP contribution < -0.4 is 0 Å². The highest BCUT2D eigenvalue weighted by atomic mass is 19.1. The van der Waals surface area contributed by atoms with Crippen LogP contribution in [-0.4, -0.2) is 34.2 Å². The standard InChI is InChI=1S/C14H16FNO4/c1-2-4-11-12(13(17)18)16(14(19)20-11)8-9-5-3-6-10(15)7-9/h3,5-7,11-12H,2,4,8H2,1H3,(H,17,18)/t11-,12+/m0/s1. The predicted octanol–water partition coefficient (Wildman–Crippen LogP) is 2.40. The van der Waals surface area contributed by atoms with Gasteiger partial charge in [-0.25, -0.2) is 14.0 Å². The Morgan fingerprint density at radius 2 is 2.25 bits per heavy atom. The van der Waals surface area contributed by atoms with Crippen molar-refractivity contribution in [3.05, 3.63) is 35.6 Å². The molecule has 1 N–H and O–H groups in total. The number of nitrogens with zero attached hydrogens (tertiary/aromatic N) is 1. The fourth-order valence-electron chi connectivity index (χ4n) is 2.36. The average molecular weight is 281 g/mol. The minimum absolute atomic E-state index is 0.0216. The van der Waals surface area contributed by atoms with Crippen molar-refractivity contribution in [3.63, 3.8) is 0 Å². The van der Waals surface area contributed by atoms with Crippen molar-refractivity contribution in [2.24, 2.45) is 0 Å². The predicted molar refractivity (Wildman–Crippen MR) is 68.5 cm³/mol. The van der Waals surface area contributed by atoms with Gasteiger partial charge in [-0.15, -0.1) is 0 Å². The molecule has 0 aromatic heterocycles. The first-order valence-corrected chi connectivity index (χ1v) is 6.47. The van der Waals surface area contributed by atoms with E-state index in [2.05, 4.69) is 0 Å². The van der Waals surface area contributed by atoms with Crippen LogP contribution in [0, 0.1) is 5.82 Å². The van der Waals surface area contributed by atoms with Crippen LogP contribution in [0.4, 0.5) is 9.18 Å². The minimum atomic E-state index is -1.11. The quantitative estimate of drug-likeness (QED) is 0.900. The van der Waals surface area contributed by atoms with E-state index < -0.39 is 30.0 Å². The maximum absolute atomic E-state index is 13.1. The van der Waals surface area contributed by atoms with E-state index in [4.69, 9.17) is 4.74 Å². The number of ether oxygens (including phenoxy) is 1. The Bertz CT molecular complexity index is 520. The maximum atomic E-state index is 13.1. The van der Waals surface area contributed by atoms with Gasteiger partial charge in [-0.2, -0.15) is 0 Å². The Balaban J connectivity index is 2.20. The van der Waals surface area contributed by atoms with Gasteiger partial charge in [0.1, 0.15) is 11.9 Å². The molecular formula is C14H16FNO4. The van der Waals surface area contributed by atoms with Crippen LogP contribution in [0.3, 0.4) is 0 Å². The number of cyclic esters (lactones) is 1. The van der Waals surface area contributed by atoms with E-state index in [1.165, 1.54) is 18.2 Å². The van der Waals surface area contributed by atoms with Crippen molar-refractivity contribution in [1.29, 1.82) is 0 Å². The molecule has 1 aromatic rings. The molecule has 1 aliphatic heterocycles. The third-order valence-corrected chi connectivity index (χ3v) is 3.24. The van der Waals surface area contributed by atoms with Gasteiger partial charge in [-0.3, -0.25) is 4.90 Å². The summed E-state index contributed by atoms with van der Waals surface area (Å²) in [6, 6.07) is 4.71. The zero-order valence-corrected chi connectivity index (χ0v) is 11.1. The van der Waals surface area contributed by atoms with E-state index in [1.54, 1.807) is 6.07 Å². The topological polar surface area (TPSA) is 66.8 Å². The first-order valence-electron chi connectivity index (χ1n) is 6.47. The Morgan fingerprint density at radius 3 is 2.85 bits per heavy atom. The molecule has 2 atom stereocenters. The summed E-state index contributed by atoms with van der Waals surface area (Å²) in [4.78, 5) is 24.3. The summed E-state index contributed by atoms with van der Waals surface area (Å²) in [6.45, 7) is 1.91. The molecule has 6 heteroatoms. The number of hydrogen-bond acceptors (Lipinski definition) is 3. The Labute approximate surface area is 116 Å². The molecule has 1 heterocycles. The highest BCUT2D eigenvalue weighted by Crippen LogP contribution is 2.25. The maximum Gasteiger partial charge on any atom is 0.411 e. The van der Waals surface area contributed by atoms with Crippen molar-refractivity contribution in [3.8, 4) is 0 Å². The number of carbonyl (C=O) groups excluding carboxylic acids is 1. The molecule has 5 nitrogen and oxygen atoms in total. The molecule has 1 aromatic carbocycles. The summed E-state index contributed by atoms with van der Waals surface area (Å²) in [7, 11) is 0. The largest absolute Gasteiger partial charge is 0.480 e. The smallest absolute Gasteiger partial charge is 0.411 e. The lowest BCUT2D eigenvalue weighted by molar-refractivity contribution is -0.143. The number of benzene rings is 1. The number of hydrogen-bond donors (Lipinski definition) is 1. The molecule has 20 heavy (non-hydrogen) atoms. The fraction of sp³-hybridized carbons (Fsp3) is 0.429. The molecule has 0 unspecified atom stereocenters. The summed E-state index contributed by atoms with van der Waals surface area (Å²) in [5.74, 6) is -1.53. The van der Waals surface area contributed by atoms with E-state index in [0.29, 0.717) is 12.0 Å². The van der Waals surface area contributed by atoms with Crippen LogP contribution in [-0.2, 0) is 16.1 Å². The molecule has 2 rings (SSSR count). The molecule has 0 aliphatic carbocycles. The van der Waals surface area contributed by atoms with Gasteiger partial charge in [0.2, 0.25) is 0 Å². The lowest BCUT2D eigenvalue weighted by Crippen LogP contribution is -2.42. The average Bonchev–Trinajstić information content (AvgIpc) is 2.66. The fourth-order valence-corrected chi connectivity index (χ4v) is 2.36. The van der Waals surface area contributed by atoms with Crippen molar-refractivity contribution >= 4 is 12.1 Å². The number of carbonyl (C=O) groups is 2. The van der Waals surface area contributed by atoms with Crippen LogP contribution in [0.25, 0.3) is 0 Å². The number of aliphatic carboxylic acids is 1. The summed E-state index contributed by atoms with van der Waals surface area (Å²) in [6.07, 6.45) is -0.114. The van der Waals surface area contributed by atoms with Gasteiger partial charge < -0.3 is 9.84 Å². The van der Waals surface area contributed by atoms with Gasteiger partial charge in [-0.1, -0.05) is 25.5 Å². The number of rotatable bonds is 5. The molecule has 0 radical (unpaired) electrons. The van der Waals surface area contributed by atoms with Gasteiger partial charge in [0, 0.05) is 0 Å². The van der Waals surface area contributed by atoms with Crippen molar-refractivity contribution < 1.29 is 23.8 Å². The van der Waals surface area contributed by atoms with E-state index in [1.807, 2.05) is 6.92 Å².